The molecule has 1 aromatic heterocycles. The maximum absolute atomic E-state index is 5.47. The number of nitrogens with zero attached hydrogens (tertiary/aromatic N) is 1. The molecular formula is C20H26N2O2. The molecule has 1 saturated heterocycles. The highest BCUT2D eigenvalue weighted by Gasteiger charge is 2.40. The summed E-state index contributed by atoms with van der Waals surface area (Å²) in [4.78, 5) is 6.20. The minimum Gasteiger partial charge on any atom is -0.358 e. The summed E-state index contributed by atoms with van der Waals surface area (Å²) in [5.74, 6) is 0.653. The lowest BCUT2D eigenvalue weighted by atomic mass is 9.75. The van der Waals surface area contributed by atoms with Crippen LogP contribution in [-0.2, 0) is 15.9 Å². The van der Waals surface area contributed by atoms with E-state index in [0.29, 0.717) is 12.0 Å². The summed E-state index contributed by atoms with van der Waals surface area (Å²) >= 11 is 0. The number of hydrogen-bond donors (Lipinski definition) is 1. The van der Waals surface area contributed by atoms with Gasteiger partial charge in [-0.3, -0.25) is 4.90 Å². The van der Waals surface area contributed by atoms with Crippen molar-refractivity contribution < 1.29 is 9.47 Å². The van der Waals surface area contributed by atoms with Gasteiger partial charge in [0.1, 0.15) is 0 Å². The summed E-state index contributed by atoms with van der Waals surface area (Å²) in [6, 6.07) is 9.12. The zero-order chi connectivity index (χ0) is 16.7. The number of fused-ring (bicyclic) bond motifs is 6. The van der Waals surface area contributed by atoms with Gasteiger partial charge in [0.2, 0.25) is 0 Å². The molecule has 1 aliphatic heterocycles. The zero-order valence-electron chi connectivity index (χ0n) is 14.7. The second-order valence-corrected chi connectivity index (χ2v) is 6.91. The third-order valence-corrected chi connectivity index (χ3v) is 5.75. The Bertz CT molecular complexity index is 760. The molecule has 128 valence electrons. The molecule has 0 radical (unpaired) electrons. The molecule has 2 heterocycles. The van der Waals surface area contributed by atoms with Gasteiger partial charge in [-0.25, -0.2) is 0 Å². The second-order valence-electron chi connectivity index (χ2n) is 6.91. The molecule has 0 amide bonds. The molecule has 0 saturated carbocycles. The Morgan fingerprint density at radius 3 is 2.83 bits per heavy atom. The molecule has 2 bridgehead atoms. The van der Waals surface area contributed by atoms with Gasteiger partial charge in [-0.2, -0.15) is 0 Å². The molecule has 2 aromatic rings. The van der Waals surface area contributed by atoms with Gasteiger partial charge < -0.3 is 14.5 Å². The molecule has 4 heteroatoms. The number of benzene rings is 1. The van der Waals surface area contributed by atoms with Crippen molar-refractivity contribution in [2.24, 2.45) is 5.92 Å². The lowest BCUT2D eigenvalue weighted by Gasteiger charge is -2.45. The molecule has 0 spiro atoms. The van der Waals surface area contributed by atoms with E-state index in [2.05, 4.69) is 47.1 Å². The van der Waals surface area contributed by atoms with Crippen LogP contribution in [0.15, 0.2) is 35.9 Å². The van der Waals surface area contributed by atoms with E-state index in [1.165, 1.54) is 28.6 Å². The molecule has 1 aromatic carbocycles. The number of rotatable bonds is 4. The Morgan fingerprint density at radius 2 is 2.08 bits per heavy atom. The fourth-order valence-corrected chi connectivity index (χ4v) is 4.52. The van der Waals surface area contributed by atoms with Gasteiger partial charge in [0.25, 0.3) is 0 Å². The Labute approximate surface area is 143 Å². The molecule has 4 rings (SSSR count). The van der Waals surface area contributed by atoms with Gasteiger partial charge in [0.15, 0.2) is 6.29 Å². The normalized spacial score (nSPS) is 25.6. The first-order chi connectivity index (χ1) is 11.7. The first-order valence-corrected chi connectivity index (χ1v) is 8.79. The standard InChI is InChI=1S/C20H26N2O2/c1-4-13-11-22(12-19(23-2)24-3)18-10-14(13)9-17-20(18)15-7-5-6-8-16(15)21-17/h4-8,14,18-19,21H,9-12H2,1-3H3/b13-4-/t14-,18-/m0/s1. The van der Waals surface area contributed by atoms with E-state index in [-0.39, 0.29) is 6.29 Å². The van der Waals surface area contributed by atoms with Gasteiger partial charge in [-0.05, 0) is 37.3 Å². The Hall–Kier alpha value is -1.62. The van der Waals surface area contributed by atoms with Gasteiger partial charge in [-0.15, -0.1) is 0 Å². The van der Waals surface area contributed by atoms with Gasteiger partial charge in [0, 0.05) is 43.4 Å². The van der Waals surface area contributed by atoms with Crippen molar-refractivity contribution >= 4 is 10.9 Å². The lowest BCUT2D eigenvalue weighted by Crippen LogP contribution is -2.45. The number of methoxy groups -OCH3 is 2. The molecule has 0 unspecified atom stereocenters. The maximum Gasteiger partial charge on any atom is 0.169 e. The molecule has 1 fully saturated rings. The first kappa shape index (κ1) is 15.9. The van der Waals surface area contributed by atoms with Crippen LogP contribution in [0.5, 0.6) is 0 Å². The average Bonchev–Trinajstić information content (AvgIpc) is 2.99. The van der Waals surface area contributed by atoms with E-state index in [4.69, 9.17) is 9.47 Å². The molecule has 2 atom stereocenters. The van der Waals surface area contributed by atoms with E-state index in [0.717, 1.165) is 19.5 Å². The van der Waals surface area contributed by atoms with Crippen molar-refractivity contribution in [3.8, 4) is 0 Å². The highest BCUT2D eigenvalue weighted by atomic mass is 16.7. The van der Waals surface area contributed by atoms with E-state index in [1.807, 2.05) is 0 Å². The maximum atomic E-state index is 5.47. The third-order valence-electron chi connectivity index (χ3n) is 5.75. The Morgan fingerprint density at radius 1 is 1.29 bits per heavy atom. The van der Waals surface area contributed by atoms with Crippen LogP contribution < -0.4 is 0 Å². The smallest absolute Gasteiger partial charge is 0.169 e. The number of allylic oxidation sites excluding steroid dienone is 1. The highest BCUT2D eigenvalue weighted by Crippen LogP contribution is 2.47. The fraction of sp³-hybridized carbons (Fsp3) is 0.500. The van der Waals surface area contributed by atoms with Crippen LogP contribution in [0.2, 0.25) is 0 Å². The second kappa shape index (κ2) is 6.36. The van der Waals surface area contributed by atoms with Crippen LogP contribution in [0, 0.1) is 5.92 Å². The van der Waals surface area contributed by atoms with Gasteiger partial charge in [-0.1, -0.05) is 29.8 Å². The molecule has 1 N–H and O–H groups in total. The van der Waals surface area contributed by atoms with Crippen molar-refractivity contribution in [1.82, 2.24) is 9.88 Å². The van der Waals surface area contributed by atoms with Crippen molar-refractivity contribution in [1.29, 1.82) is 0 Å². The van der Waals surface area contributed by atoms with Gasteiger partial charge in [0.05, 0.1) is 6.54 Å². The van der Waals surface area contributed by atoms with Crippen molar-refractivity contribution in [2.75, 3.05) is 27.3 Å². The minimum absolute atomic E-state index is 0.185. The van der Waals surface area contributed by atoms with E-state index < -0.39 is 0 Å². The number of H-pyrrole nitrogens is 1. The third kappa shape index (κ3) is 2.50. The summed E-state index contributed by atoms with van der Waals surface area (Å²) in [5, 5.41) is 1.37. The summed E-state index contributed by atoms with van der Waals surface area (Å²) in [7, 11) is 3.44. The quantitative estimate of drug-likeness (QED) is 0.688. The number of aromatic amines is 1. The minimum atomic E-state index is -0.185. The predicted molar refractivity (Wildman–Crippen MR) is 96.0 cm³/mol. The first-order valence-electron chi connectivity index (χ1n) is 8.79. The monoisotopic (exact) mass is 326 g/mol. The summed E-state index contributed by atoms with van der Waals surface area (Å²) in [5.41, 5.74) is 5.70. The molecule has 1 aliphatic carbocycles. The van der Waals surface area contributed by atoms with Gasteiger partial charge >= 0.3 is 0 Å². The predicted octanol–water partition coefficient (Wildman–Crippen LogP) is 3.65. The molecule has 24 heavy (non-hydrogen) atoms. The van der Waals surface area contributed by atoms with Crippen LogP contribution in [0.4, 0.5) is 0 Å². The average molecular weight is 326 g/mol. The van der Waals surface area contributed by atoms with Crippen LogP contribution in [0.3, 0.4) is 0 Å². The number of hydrogen-bond acceptors (Lipinski definition) is 3. The largest absolute Gasteiger partial charge is 0.358 e. The number of aromatic nitrogens is 1. The van der Waals surface area contributed by atoms with E-state index >= 15 is 0 Å². The number of likely N-dealkylation sites (tertiary alicyclic amines) is 1. The van der Waals surface area contributed by atoms with Crippen LogP contribution in [-0.4, -0.2) is 43.5 Å². The van der Waals surface area contributed by atoms with E-state index in [9.17, 15) is 0 Å². The Kier molecular flexibility index (Phi) is 4.21. The molecular weight excluding hydrogens is 300 g/mol. The van der Waals surface area contributed by atoms with Crippen LogP contribution >= 0.6 is 0 Å². The SMILES string of the molecule is C/C=C1/CN(CC(OC)OC)[C@H]2C[C@@H]1Cc1[nH]c3ccccc3c12. The highest BCUT2D eigenvalue weighted by molar-refractivity contribution is 5.85. The zero-order valence-corrected chi connectivity index (χ0v) is 14.7. The van der Waals surface area contributed by atoms with Crippen LogP contribution in [0.25, 0.3) is 10.9 Å². The number of para-hydroxylation sites is 1. The summed E-state index contributed by atoms with van der Waals surface area (Å²) in [6.45, 7) is 3.97. The van der Waals surface area contributed by atoms with E-state index in [1.54, 1.807) is 19.8 Å². The summed E-state index contributed by atoms with van der Waals surface area (Å²) < 4.78 is 10.9. The van der Waals surface area contributed by atoms with Crippen LogP contribution in [0.1, 0.15) is 30.6 Å². The van der Waals surface area contributed by atoms with Crippen molar-refractivity contribution in [3.63, 3.8) is 0 Å². The number of ether oxygens (including phenoxy) is 2. The summed E-state index contributed by atoms with van der Waals surface area (Å²) in [6.07, 6.45) is 4.44. The Balaban J connectivity index is 1.77. The van der Waals surface area contributed by atoms with Crippen molar-refractivity contribution in [3.05, 3.63) is 47.2 Å². The lowest BCUT2D eigenvalue weighted by molar-refractivity contribution is -0.122. The fourth-order valence-electron chi connectivity index (χ4n) is 4.52. The molecule has 4 nitrogen and oxygen atoms in total. The number of piperidine rings is 1. The van der Waals surface area contributed by atoms with Crippen molar-refractivity contribution in [2.45, 2.75) is 32.1 Å². The number of nitrogens with one attached hydrogen (secondary N) is 1. The molecule has 2 aliphatic rings. The topological polar surface area (TPSA) is 37.5 Å².